The molecular formula is C22H26N6O3. The van der Waals surface area contributed by atoms with Crippen molar-refractivity contribution in [1.82, 2.24) is 25.3 Å². The number of nitrogens with one attached hydrogen (secondary N) is 1. The Hall–Kier alpha value is -3.46. The van der Waals surface area contributed by atoms with Crippen molar-refractivity contribution in [3.8, 4) is 5.75 Å². The van der Waals surface area contributed by atoms with Gasteiger partial charge in [0.15, 0.2) is 6.61 Å². The van der Waals surface area contributed by atoms with Gasteiger partial charge in [-0.05, 0) is 37.4 Å². The Balaban J connectivity index is 1.33. The third-order valence-corrected chi connectivity index (χ3v) is 5.16. The molecule has 31 heavy (non-hydrogen) atoms. The summed E-state index contributed by atoms with van der Waals surface area (Å²) < 4.78 is 10.5. The van der Waals surface area contributed by atoms with E-state index in [0.29, 0.717) is 29.6 Å². The number of amides is 1. The van der Waals surface area contributed by atoms with Crippen LogP contribution in [0.2, 0.25) is 0 Å². The largest absolute Gasteiger partial charge is 0.485 e. The molecule has 0 spiro atoms. The van der Waals surface area contributed by atoms with Gasteiger partial charge >= 0.3 is 0 Å². The molecule has 9 heteroatoms. The topological polar surface area (TPSA) is 96.6 Å². The fourth-order valence-electron chi connectivity index (χ4n) is 3.40. The van der Waals surface area contributed by atoms with E-state index in [4.69, 9.17) is 9.26 Å². The summed E-state index contributed by atoms with van der Waals surface area (Å²) in [6.45, 7) is 6.22. The van der Waals surface area contributed by atoms with Crippen LogP contribution in [0.5, 0.6) is 5.75 Å². The Morgan fingerprint density at radius 1 is 1.16 bits per heavy atom. The van der Waals surface area contributed by atoms with Gasteiger partial charge in [0.05, 0.1) is 0 Å². The van der Waals surface area contributed by atoms with Gasteiger partial charge in [-0.15, -0.1) is 0 Å². The van der Waals surface area contributed by atoms with E-state index in [1.54, 1.807) is 37.4 Å². The molecule has 0 saturated carbocycles. The molecular weight excluding hydrogens is 396 g/mol. The van der Waals surface area contributed by atoms with E-state index in [0.717, 1.165) is 37.6 Å². The smallest absolute Gasteiger partial charge is 0.251 e. The third-order valence-electron chi connectivity index (χ3n) is 5.16. The highest BCUT2D eigenvalue weighted by Gasteiger charge is 2.18. The molecule has 3 aromatic rings. The number of benzene rings is 1. The Labute approximate surface area is 181 Å². The molecule has 1 aromatic carbocycles. The molecule has 1 aliphatic rings. The van der Waals surface area contributed by atoms with Crippen LogP contribution in [0, 0.1) is 6.92 Å². The normalized spacial score (nSPS) is 14.5. The van der Waals surface area contributed by atoms with Crippen LogP contribution in [0.1, 0.15) is 27.6 Å². The van der Waals surface area contributed by atoms with E-state index < -0.39 is 0 Å². The van der Waals surface area contributed by atoms with Crippen LogP contribution < -0.4 is 15.0 Å². The molecule has 1 N–H and O–H groups in total. The van der Waals surface area contributed by atoms with Gasteiger partial charge in [0, 0.05) is 57.0 Å². The molecule has 1 saturated heterocycles. The zero-order chi connectivity index (χ0) is 21.6. The minimum absolute atomic E-state index is 0.145. The maximum atomic E-state index is 12.6. The molecule has 1 fully saturated rings. The minimum Gasteiger partial charge on any atom is -0.485 e. The van der Waals surface area contributed by atoms with Gasteiger partial charge in [-0.25, -0.2) is 4.98 Å². The van der Waals surface area contributed by atoms with Crippen LogP contribution in [0.15, 0.2) is 47.1 Å². The van der Waals surface area contributed by atoms with Crippen LogP contribution in [-0.2, 0) is 13.2 Å². The van der Waals surface area contributed by atoms with Gasteiger partial charge in [0.2, 0.25) is 11.7 Å². The summed E-state index contributed by atoms with van der Waals surface area (Å²) in [6.07, 6.45) is 1.80. The van der Waals surface area contributed by atoms with Gasteiger partial charge in [-0.2, -0.15) is 4.98 Å². The van der Waals surface area contributed by atoms with Crippen molar-refractivity contribution in [2.45, 2.75) is 20.1 Å². The predicted molar refractivity (Wildman–Crippen MR) is 115 cm³/mol. The molecule has 3 heterocycles. The molecule has 162 valence electrons. The average molecular weight is 422 g/mol. The Kier molecular flexibility index (Phi) is 6.42. The van der Waals surface area contributed by atoms with Crippen molar-refractivity contribution in [1.29, 1.82) is 0 Å². The molecule has 0 unspecified atom stereocenters. The Bertz CT molecular complexity index is 1010. The fourth-order valence-corrected chi connectivity index (χ4v) is 3.40. The number of ether oxygens (including phenoxy) is 1. The highest BCUT2D eigenvalue weighted by Crippen LogP contribution is 2.19. The van der Waals surface area contributed by atoms with Crippen molar-refractivity contribution in [3.63, 3.8) is 0 Å². The Morgan fingerprint density at radius 2 is 1.94 bits per heavy atom. The second kappa shape index (κ2) is 9.57. The fraction of sp³-hybridized carbons (Fsp3) is 0.364. The van der Waals surface area contributed by atoms with Crippen molar-refractivity contribution >= 4 is 11.7 Å². The first-order valence-corrected chi connectivity index (χ1v) is 10.3. The van der Waals surface area contributed by atoms with Gasteiger partial charge in [0.1, 0.15) is 11.6 Å². The van der Waals surface area contributed by atoms with Gasteiger partial charge in [0.25, 0.3) is 5.91 Å². The number of anilines is 1. The second-order valence-electron chi connectivity index (χ2n) is 7.50. The number of likely N-dealkylation sites (N-methyl/N-ethyl adjacent to an activating group) is 1. The summed E-state index contributed by atoms with van der Waals surface area (Å²) in [5, 5.41) is 6.78. The molecule has 4 rings (SSSR count). The van der Waals surface area contributed by atoms with E-state index in [1.807, 2.05) is 12.1 Å². The molecule has 9 nitrogen and oxygen atoms in total. The molecule has 1 aliphatic heterocycles. The third kappa shape index (κ3) is 5.37. The number of piperazine rings is 1. The monoisotopic (exact) mass is 422 g/mol. The van der Waals surface area contributed by atoms with Crippen LogP contribution in [0.4, 0.5) is 5.82 Å². The van der Waals surface area contributed by atoms with E-state index in [9.17, 15) is 4.79 Å². The lowest BCUT2D eigenvalue weighted by atomic mass is 10.2. The summed E-state index contributed by atoms with van der Waals surface area (Å²) >= 11 is 0. The number of hydrogen-bond acceptors (Lipinski definition) is 8. The lowest BCUT2D eigenvalue weighted by Gasteiger charge is -2.34. The average Bonchev–Trinajstić information content (AvgIpc) is 3.22. The van der Waals surface area contributed by atoms with Crippen LogP contribution in [-0.4, -0.2) is 59.2 Å². The van der Waals surface area contributed by atoms with Crippen LogP contribution in [0.3, 0.4) is 0 Å². The summed E-state index contributed by atoms with van der Waals surface area (Å²) in [4.78, 5) is 25.8. The molecule has 2 aromatic heterocycles. The van der Waals surface area contributed by atoms with E-state index in [1.165, 1.54) is 0 Å². The number of pyridine rings is 1. The zero-order valence-corrected chi connectivity index (χ0v) is 17.7. The summed E-state index contributed by atoms with van der Waals surface area (Å²) in [5.74, 6) is 2.40. The standard InChI is InChI=1S/C22H26N6O3/c1-16-25-20(26-31-16)15-30-19-7-5-17(6-8-19)22(29)24-14-18-4-3-9-23-21(18)28-12-10-27(2)11-13-28/h3-9H,10-15H2,1-2H3,(H,24,29). The summed E-state index contributed by atoms with van der Waals surface area (Å²) in [6, 6.07) is 10.9. The molecule has 0 aliphatic carbocycles. The zero-order valence-electron chi connectivity index (χ0n) is 17.7. The second-order valence-corrected chi connectivity index (χ2v) is 7.50. The van der Waals surface area contributed by atoms with E-state index in [-0.39, 0.29) is 12.5 Å². The highest BCUT2D eigenvalue weighted by atomic mass is 16.5. The lowest BCUT2D eigenvalue weighted by molar-refractivity contribution is 0.0951. The minimum atomic E-state index is -0.145. The van der Waals surface area contributed by atoms with E-state index >= 15 is 0 Å². The SMILES string of the molecule is Cc1nc(COc2ccc(C(=O)NCc3cccnc3N3CCN(C)CC3)cc2)no1. The van der Waals surface area contributed by atoms with Crippen molar-refractivity contribution < 1.29 is 14.1 Å². The molecule has 0 atom stereocenters. The number of aromatic nitrogens is 3. The summed E-state index contributed by atoms with van der Waals surface area (Å²) in [5.41, 5.74) is 1.57. The number of aryl methyl sites for hydroxylation is 1. The predicted octanol–water partition coefficient (Wildman–Crippen LogP) is 2.03. The van der Waals surface area contributed by atoms with Crippen molar-refractivity contribution in [2.75, 3.05) is 38.1 Å². The number of carbonyl (C=O) groups is 1. The van der Waals surface area contributed by atoms with Crippen molar-refractivity contribution in [2.24, 2.45) is 0 Å². The highest BCUT2D eigenvalue weighted by molar-refractivity contribution is 5.94. The lowest BCUT2D eigenvalue weighted by Crippen LogP contribution is -2.45. The first-order valence-electron chi connectivity index (χ1n) is 10.3. The van der Waals surface area contributed by atoms with Crippen LogP contribution >= 0.6 is 0 Å². The number of rotatable bonds is 7. The van der Waals surface area contributed by atoms with Crippen LogP contribution in [0.25, 0.3) is 0 Å². The first-order chi connectivity index (χ1) is 15.1. The molecule has 0 bridgehead atoms. The van der Waals surface area contributed by atoms with Crippen molar-refractivity contribution in [3.05, 3.63) is 65.4 Å². The number of hydrogen-bond donors (Lipinski definition) is 1. The van der Waals surface area contributed by atoms with E-state index in [2.05, 4.69) is 37.3 Å². The summed E-state index contributed by atoms with van der Waals surface area (Å²) in [7, 11) is 2.12. The quantitative estimate of drug-likeness (QED) is 0.618. The van der Waals surface area contributed by atoms with Gasteiger partial charge in [-0.1, -0.05) is 11.2 Å². The Morgan fingerprint density at radius 3 is 2.65 bits per heavy atom. The first kappa shape index (κ1) is 20.8. The maximum Gasteiger partial charge on any atom is 0.251 e. The number of carbonyl (C=O) groups excluding carboxylic acids is 1. The maximum absolute atomic E-state index is 12.6. The number of nitrogens with zero attached hydrogens (tertiary/aromatic N) is 5. The van der Waals surface area contributed by atoms with Gasteiger partial charge in [-0.3, -0.25) is 4.79 Å². The van der Waals surface area contributed by atoms with Gasteiger partial charge < -0.3 is 24.4 Å². The molecule has 0 radical (unpaired) electrons. The molecule has 1 amide bonds.